The van der Waals surface area contributed by atoms with Gasteiger partial charge in [-0.1, -0.05) is 46.3 Å². The summed E-state index contributed by atoms with van der Waals surface area (Å²) >= 11 is 4.92. The Labute approximate surface area is 239 Å². The summed E-state index contributed by atoms with van der Waals surface area (Å²) in [6.45, 7) is 6.47. The molecule has 0 bridgehead atoms. The van der Waals surface area contributed by atoms with E-state index in [1.165, 1.54) is 11.8 Å². The molecule has 39 heavy (non-hydrogen) atoms. The van der Waals surface area contributed by atoms with Gasteiger partial charge in [0, 0.05) is 21.5 Å². The fraction of sp³-hybridized carbons (Fsp3) is 0.129. The molecule has 1 aliphatic heterocycles. The minimum Gasteiger partial charge on any atom is -0.478 e. The van der Waals surface area contributed by atoms with Crippen LogP contribution in [0.4, 0.5) is 5.69 Å². The van der Waals surface area contributed by atoms with E-state index in [0.717, 1.165) is 43.9 Å². The third-order valence-electron chi connectivity index (χ3n) is 6.57. The van der Waals surface area contributed by atoms with Crippen LogP contribution in [0, 0.1) is 20.8 Å². The number of nitrogens with zero attached hydrogens (tertiary/aromatic N) is 3. The van der Waals surface area contributed by atoms with E-state index in [2.05, 4.69) is 59.5 Å². The minimum absolute atomic E-state index is 0.138. The summed E-state index contributed by atoms with van der Waals surface area (Å²) in [5.74, 6) is -1.12. The predicted octanol–water partition coefficient (Wildman–Crippen LogP) is 7.67. The number of amides is 1. The Morgan fingerprint density at radius 3 is 2.38 bits per heavy atom. The van der Waals surface area contributed by atoms with Crippen molar-refractivity contribution in [3.63, 3.8) is 0 Å². The van der Waals surface area contributed by atoms with Crippen molar-refractivity contribution in [2.45, 2.75) is 27.3 Å². The number of aryl methyl sites for hydroxylation is 2. The number of aliphatic imine (C=N–C) groups is 1. The van der Waals surface area contributed by atoms with Crippen LogP contribution in [0.15, 0.2) is 93.2 Å². The molecule has 4 aromatic rings. The summed E-state index contributed by atoms with van der Waals surface area (Å²) in [7, 11) is 0. The molecule has 1 N–H and O–H groups in total. The second-order valence-corrected chi connectivity index (χ2v) is 11.2. The lowest BCUT2D eigenvalue weighted by Gasteiger charge is -2.16. The van der Waals surface area contributed by atoms with Gasteiger partial charge >= 0.3 is 5.97 Å². The number of hydrogen-bond donors (Lipinski definition) is 1. The average Bonchev–Trinajstić information content (AvgIpc) is 3.36. The van der Waals surface area contributed by atoms with Gasteiger partial charge < -0.3 is 9.67 Å². The Hall–Kier alpha value is -3.88. The van der Waals surface area contributed by atoms with Crippen LogP contribution in [0.3, 0.4) is 0 Å². The van der Waals surface area contributed by atoms with Crippen LogP contribution in [0.25, 0.3) is 11.8 Å². The predicted molar refractivity (Wildman–Crippen MR) is 161 cm³/mol. The molecule has 0 atom stereocenters. The van der Waals surface area contributed by atoms with E-state index in [1.54, 1.807) is 29.2 Å². The highest BCUT2D eigenvalue weighted by Crippen LogP contribution is 2.36. The molecule has 1 saturated heterocycles. The second-order valence-electron chi connectivity index (χ2n) is 9.33. The molecule has 1 fully saturated rings. The molecule has 0 saturated carbocycles. The van der Waals surface area contributed by atoms with E-state index in [-0.39, 0.29) is 18.0 Å². The van der Waals surface area contributed by atoms with Crippen LogP contribution in [-0.2, 0) is 11.3 Å². The van der Waals surface area contributed by atoms with Crippen LogP contribution >= 0.6 is 27.7 Å². The van der Waals surface area contributed by atoms with Crippen molar-refractivity contribution in [3.8, 4) is 5.69 Å². The highest BCUT2D eigenvalue weighted by molar-refractivity contribution is 9.10. The van der Waals surface area contributed by atoms with E-state index >= 15 is 0 Å². The number of carbonyl (C=O) groups is 2. The molecular weight excluding hydrogens is 574 g/mol. The summed E-state index contributed by atoms with van der Waals surface area (Å²) in [4.78, 5) is 32.0. The maximum atomic E-state index is 13.7. The molecule has 1 aliphatic rings. The first-order valence-corrected chi connectivity index (χ1v) is 13.9. The summed E-state index contributed by atoms with van der Waals surface area (Å²) in [6, 6.07) is 24.4. The molecule has 0 spiro atoms. The SMILES string of the molecule is Cc1cc(-n2c(C)cc(/C=C3\SC(=Nc4ccccc4)N(Cc4ccc(C(=O)O)cc4)C3=O)c2C)ccc1Br. The van der Waals surface area contributed by atoms with Crippen LogP contribution in [0.1, 0.15) is 38.4 Å². The second kappa shape index (κ2) is 11.1. The van der Waals surface area contributed by atoms with Gasteiger partial charge in [-0.25, -0.2) is 9.79 Å². The number of amidine groups is 1. The summed E-state index contributed by atoms with van der Waals surface area (Å²) in [5.41, 5.74) is 7.08. The monoisotopic (exact) mass is 599 g/mol. The normalized spacial score (nSPS) is 15.5. The molecule has 0 radical (unpaired) electrons. The maximum Gasteiger partial charge on any atom is 0.335 e. The van der Waals surface area contributed by atoms with Gasteiger partial charge in [0.05, 0.1) is 22.7 Å². The summed E-state index contributed by atoms with van der Waals surface area (Å²) in [6.07, 6.45) is 1.94. The van der Waals surface area contributed by atoms with Gasteiger partial charge in [0.2, 0.25) is 0 Å². The van der Waals surface area contributed by atoms with Gasteiger partial charge in [0.25, 0.3) is 5.91 Å². The molecule has 1 aromatic heterocycles. The van der Waals surface area contributed by atoms with E-state index in [1.807, 2.05) is 42.5 Å². The highest BCUT2D eigenvalue weighted by atomic mass is 79.9. The first-order valence-electron chi connectivity index (χ1n) is 12.3. The van der Waals surface area contributed by atoms with Gasteiger partial charge in [-0.05, 0) is 104 Å². The molecule has 2 heterocycles. The number of benzene rings is 3. The van der Waals surface area contributed by atoms with Gasteiger partial charge in [0.1, 0.15) is 0 Å². The summed E-state index contributed by atoms with van der Waals surface area (Å²) in [5, 5.41) is 9.81. The molecule has 3 aromatic carbocycles. The number of carboxylic acids is 1. The van der Waals surface area contributed by atoms with Crippen LogP contribution in [0.5, 0.6) is 0 Å². The molecule has 1 amide bonds. The number of hydrogen-bond acceptors (Lipinski definition) is 4. The fourth-order valence-corrected chi connectivity index (χ4v) is 5.75. The van der Waals surface area contributed by atoms with Crippen molar-refractivity contribution in [2.24, 2.45) is 4.99 Å². The highest BCUT2D eigenvalue weighted by Gasteiger charge is 2.34. The van der Waals surface area contributed by atoms with Crippen molar-refractivity contribution in [3.05, 3.63) is 122 Å². The van der Waals surface area contributed by atoms with Crippen molar-refractivity contribution in [1.82, 2.24) is 9.47 Å². The molecule has 0 aliphatic carbocycles. The molecule has 5 rings (SSSR count). The zero-order chi connectivity index (χ0) is 27.7. The average molecular weight is 601 g/mol. The van der Waals surface area contributed by atoms with Crippen molar-refractivity contribution >= 4 is 56.5 Å². The minimum atomic E-state index is -0.984. The third-order valence-corrected chi connectivity index (χ3v) is 8.46. The maximum absolute atomic E-state index is 13.7. The van der Waals surface area contributed by atoms with E-state index < -0.39 is 5.97 Å². The number of carboxylic acid groups (broad SMARTS) is 1. The Balaban J connectivity index is 1.51. The Bertz CT molecular complexity index is 1640. The number of aromatic carboxylic acids is 1. The summed E-state index contributed by atoms with van der Waals surface area (Å²) < 4.78 is 3.25. The van der Waals surface area contributed by atoms with Gasteiger partial charge in [-0.15, -0.1) is 0 Å². The lowest BCUT2D eigenvalue weighted by Crippen LogP contribution is -2.28. The first-order chi connectivity index (χ1) is 18.7. The van der Waals surface area contributed by atoms with Gasteiger partial charge in [0.15, 0.2) is 5.17 Å². The zero-order valence-corrected chi connectivity index (χ0v) is 24.1. The fourth-order valence-electron chi connectivity index (χ4n) is 4.52. The molecular formula is C31H26BrN3O3S. The lowest BCUT2D eigenvalue weighted by atomic mass is 10.1. The van der Waals surface area contributed by atoms with Crippen molar-refractivity contribution in [1.29, 1.82) is 0 Å². The largest absolute Gasteiger partial charge is 0.478 e. The smallest absolute Gasteiger partial charge is 0.335 e. The Kier molecular flexibility index (Phi) is 7.59. The van der Waals surface area contributed by atoms with Crippen molar-refractivity contribution < 1.29 is 14.7 Å². The van der Waals surface area contributed by atoms with Crippen LogP contribution < -0.4 is 0 Å². The molecule has 8 heteroatoms. The van der Waals surface area contributed by atoms with E-state index in [0.29, 0.717) is 10.1 Å². The van der Waals surface area contributed by atoms with Gasteiger partial charge in [-0.2, -0.15) is 0 Å². The molecule has 0 unspecified atom stereocenters. The number of aromatic nitrogens is 1. The molecule has 6 nitrogen and oxygen atoms in total. The third kappa shape index (κ3) is 5.62. The molecule has 196 valence electrons. The topological polar surface area (TPSA) is 74.9 Å². The number of thioether (sulfide) groups is 1. The Morgan fingerprint density at radius 1 is 1.00 bits per heavy atom. The standard InChI is InChI=1S/C31H26BrN3O3S/c1-19-15-26(13-14-27(19)32)35-20(2)16-24(21(35)3)17-28-29(36)34(18-22-9-11-23(12-10-22)30(37)38)31(39-28)33-25-7-5-4-6-8-25/h4-17H,18H2,1-3H3,(H,37,38)/b28-17-,33-31?. The van der Waals surface area contributed by atoms with Gasteiger partial charge in [-0.3, -0.25) is 9.69 Å². The number of para-hydroxylation sites is 1. The van der Waals surface area contributed by atoms with Crippen molar-refractivity contribution in [2.75, 3.05) is 0 Å². The van der Waals surface area contributed by atoms with Crippen LogP contribution in [-0.4, -0.2) is 31.6 Å². The number of carbonyl (C=O) groups excluding carboxylic acids is 1. The van der Waals surface area contributed by atoms with E-state index in [9.17, 15) is 14.7 Å². The number of rotatable bonds is 6. The zero-order valence-electron chi connectivity index (χ0n) is 21.7. The first kappa shape index (κ1) is 26.7. The number of halogens is 1. The lowest BCUT2D eigenvalue weighted by molar-refractivity contribution is -0.122. The van der Waals surface area contributed by atoms with Crippen LogP contribution in [0.2, 0.25) is 0 Å². The quantitative estimate of drug-likeness (QED) is 0.231. The Morgan fingerprint density at radius 2 is 1.72 bits per heavy atom. The van der Waals surface area contributed by atoms with E-state index in [4.69, 9.17) is 4.99 Å².